The Morgan fingerprint density at radius 1 is 1.80 bits per heavy atom. The minimum absolute atomic E-state index is 0.111. The van der Waals surface area contributed by atoms with E-state index in [2.05, 4.69) is 15.3 Å². The van der Waals surface area contributed by atoms with Crippen molar-refractivity contribution in [1.82, 2.24) is 5.32 Å². The van der Waals surface area contributed by atoms with E-state index in [1.54, 1.807) is 0 Å². The third kappa shape index (κ3) is 0.593. The summed E-state index contributed by atoms with van der Waals surface area (Å²) in [4.78, 5) is 15.4. The molecule has 1 N–H and O–H groups in total. The molecule has 4 heteroatoms. The third-order valence-corrected chi connectivity index (χ3v) is 1.97. The van der Waals surface area contributed by atoms with Crippen LogP contribution in [-0.2, 0) is 9.63 Å². The van der Waals surface area contributed by atoms with E-state index >= 15 is 0 Å². The third-order valence-electron chi connectivity index (χ3n) is 1.97. The van der Waals surface area contributed by atoms with Gasteiger partial charge in [0.05, 0.1) is 5.71 Å². The number of rotatable bonds is 0. The number of carbonyl (C=O) groups is 1. The molecule has 2 atom stereocenters. The minimum Gasteiger partial charge on any atom is -0.317 e. The van der Waals surface area contributed by atoms with Crippen LogP contribution in [0.5, 0.6) is 0 Å². The van der Waals surface area contributed by atoms with E-state index in [0.29, 0.717) is 6.54 Å². The van der Waals surface area contributed by atoms with Gasteiger partial charge in [0.25, 0.3) is 0 Å². The Labute approximate surface area is 58.2 Å². The second-order valence-electron chi connectivity index (χ2n) is 2.64. The Balaban J connectivity index is 2.29. The predicted molar refractivity (Wildman–Crippen MR) is 34.5 cm³/mol. The van der Waals surface area contributed by atoms with Gasteiger partial charge in [-0.15, -0.1) is 0 Å². The first-order valence-corrected chi connectivity index (χ1v) is 3.30. The summed E-state index contributed by atoms with van der Waals surface area (Å²) in [7, 11) is 0. The van der Waals surface area contributed by atoms with E-state index in [0.717, 1.165) is 5.71 Å². The average molecular weight is 140 g/mol. The maximum absolute atomic E-state index is 10.9. The minimum atomic E-state index is -0.215. The monoisotopic (exact) mass is 140 g/mol. The van der Waals surface area contributed by atoms with Crippen molar-refractivity contribution >= 4 is 11.7 Å². The van der Waals surface area contributed by atoms with Crippen molar-refractivity contribution in [3.8, 4) is 0 Å². The van der Waals surface area contributed by atoms with Gasteiger partial charge in [0.1, 0.15) is 5.92 Å². The highest BCUT2D eigenvalue weighted by molar-refractivity contribution is 6.08. The topological polar surface area (TPSA) is 50.7 Å². The maximum atomic E-state index is 10.9. The lowest BCUT2D eigenvalue weighted by molar-refractivity contribution is -0.143. The van der Waals surface area contributed by atoms with Crippen LogP contribution in [0.25, 0.3) is 0 Å². The summed E-state index contributed by atoms with van der Waals surface area (Å²) >= 11 is 0. The number of hydrogen-bond donors (Lipinski definition) is 1. The van der Waals surface area contributed by atoms with Crippen molar-refractivity contribution < 1.29 is 9.63 Å². The first kappa shape index (κ1) is 5.85. The van der Waals surface area contributed by atoms with Gasteiger partial charge >= 0.3 is 5.97 Å². The molecule has 0 aromatic rings. The molecule has 1 fully saturated rings. The molecule has 4 nitrogen and oxygen atoms in total. The largest absolute Gasteiger partial charge is 0.345 e. The first-order chi connectivity index (χ1) is 4.79. The maximum Gasteiger partial charge on any atom is 0.345 e. The van der Waals surface area contributed by atoms with E-state index in [1.165, 1.54) is 0 Å². The Morgan fingerprint density at radius 3 is 3.30 bits per heavy atom. The summed E-state index contributed by atoms with van der Waals surface area (Å²) in [6.07, 6.45) is 0. The molecular formula is C6H8N2O2. The summed E-state index contributed by atoms with van der Waals surface area (Å²) in [5.41, 5.74) is 0.845. The quantitative estimate of drug-likeness (QED) is 0.462. The summed E-state index contributed by atoms with van der Waals surface area (Å²) < 4.78 is 0. The van der Waals surface area contributed by atoms with E-state index in [4.69, 9.17) is 0 Å². The lowest BCUT2D eigenvalue weighted by Crippen LogP contribution is -2.28. The lowest BCUT2D eigenvalue weighted by Gasteiger charge is -2.04. The van der Waals surface area contributed by atoms with Gasteiger partial charge in [0.2, 0.25) is 0 Å². The van der Waals surface area contributed by atoms with Crippen LogP contribution in [0.4, 0.5) is 0 Å². The fraction of sp³-hybridized carbons (Fsp3) is 0.667. The van der Waals surface area contributed by atoms with Gasteiger partial charge in [-0.1, -0.05) is 5.16 Å². The van der Waals surface area contributed by atoms with Gasteiger partial charge in [-0.2, -0.15) is 0 Å². The summed E-state index contributed by atoms with van der Waals surface area (Å²) in [5, 5.41) is 6.75. The summed E-state index contributed by atoms with van der Waals surface area (Å²) in [6, 6.07) is 0.189. The van der Waals surface area contributed by atoms with Crippen LogP contribution in [0, 0.1) is 5.92 Å². The van der Waals surface area contributed by atoms with Crippen LogP contribution in [0.1, 0.15) is 6.92 Å². The molecule has 2 aliphatic heterocycles. The second-order valence-corrected chi connectivity index (χ2v) is 2.64. The fourth-order valence-corrected chi connectivity index (χ4v) is 1.37. The van der Waals surface area contributed by atoms with Crippen molar-refractivity contribution in [3.05, 3.63) is 0 Å². The fourth-order valence-electron chi connectivity index (χ4n) is 1.37. The number of nitrogens with zero attached hydrogens (tertiary/aromatic N) is 1. The van der Waals surface area contributed by atoms with Gasteiger partial charge in [-0.05, 0) is 6.92 Å². The van der Waals surface area contributed by atoms with Gasteiger partial charge in [-0.3, -0.25) is 0 Å². The molecule has 0 radical (unpaired) electrons. The highest BCUT2D eigenvalue weighted by Gasteiger charge is 2.41. The van der Waals surface area contributed by atoms with Crippen molar-refractivity contribution in [2.24, 2.45) is 11.1 Å². The SMILES string of the molecule is CC1NCC2=NOC(=O)C21. The highest BCUT2D eigenvalue weighted by atomic mass is 16.7. The standard InChI is InChI=1S/C6H8N2O2/c1-3-5-4(2-7-3)8-10-6(5)9/h3,5,7H,2H2,1H3. The highest BCUT2D eigenvalue weighted by Crippen LogP contribution is 2.20. The van der Waals surface area contributed by atoms with Crippen LogP contribution in [-0.4, -0.2) is 24.3 Å². The predicted octanol–water partition coefficient (Wildman–Crippen LogP) is -0.493. The van der Waals surface area contributed by atoms with E-state index in [1.807, 2.05) is 6.92 Å². The number of hydrogen-bond acceptors (Lipinski definition) is 4. The number of nitrogens with one attached hydrogen (secondary N) is 1. The molecule has 1 saturated heterocycles. The molecule has 54 valence electrons. The van der Waals surface area contributed by atoms with E-state index < -0.39 is 0 Å². The smallest absolute Gasteiger partial charge is 0.317 e. The summed E-state index contributed by atoms with van der Waals surface area (Å²) in [5.74, 6) is -0.326. The normalized spacial score (nSPS) is 37.3. The number of fused-ring (bicyclic) bond motifs is 1. The van der Waals surface area contributed by atoms with Crippen molar-refractivity contribution in [2.45, 2.75) is 13.0 Å². The van der Waals surface area contributed by atoms with Crippen LogP contribution in [0.15, 0.2) is 5.16 Å². The molecule has 2 aliphatic rings. The molecule has 0 saturated carbocycles. The van der Waals surface area contributed by atoms with Gasteiger partial charge < -0.3 is 10.2 Å². The number of carbonyl (C=O) groups excluding carboxylic acids is 1. The van der Waals surface area contributed by atoms with E-state index in [-0.39, 0.29) is 17.9 Å². The molecule has 2 unspecified atom stereocenters. The van der Waals surface area contributed by atoms with Gasteiger partial charge in [0, 0.05) is 12.6 Å². The second kappa shape index (κ2) is 1.79. The van der Waals surface area contributed by atoms with Crippen molar-refractivity contribution in [3.63, 3.8) is 0 Å². The molecule has 0 amide bonds. The Bertz CT molecular complexity index is 212. The van der Waals surface area contributed by atoms with Gasteiger partial charge in [-0.25, -0.2) is 4.79 Å². The Kier molecular flexibility index (Phi) is 1.05. The van der Waals surface area contributed by atoms with Crippen LogP contribution in [0.2, 0.25) is 0 Å². The Hall–Kier alpha value is -0.900. The van der Waals surface area contributed by atoms with E-state index in [9.17, 15) is 4.79 Å². The lowest BCUT2D eigenvalue weighted by atomic mass is 10.0. The molecule has 2 rings (SSSR count). The molecule has 0 aromatic heterocycles. The van der Waals surface area contributed by atoms with Crippen LogP contribution < -0.4 is 5.32 Å². The number of oxime groups is 1. The van der Waals surface area contributed by atoms with Gasteiger partial charge in [0.15, 0.2) is 0 Å². The molecule has 0 aliphatic carbocycles. The van der Waals surface area contributed by atoms with Crippen LogP contribution in [0.3, 0.4) is 0 Å². The average Bonchev–Trinajstić information content (AvgIpc) is 2.40. The van der Waals surface area contributed by atoms with Crippen molar-refractivity contribution in [1.29, 1.82) is 0 Å². The molecular weight excluding hydrogens is 132 g/mol. The molecule has 2 heterocycles. The zero-order valence-electron chi connectivity index (χ0n) is 5.63. The van der Waals surface area contributed by atoms with Crippen LogP contribution >= 0.6 is 0 Å². The molecule has 10 heavy (non-hydrogen) atoms. The molecule has 0 bridgehead atoms. The summed E-state index contributed by atoms with van der Waals surface area (Å²) in [6.45, 7) is 2.65. The zero-order valence-corrected chi connectivity index (χ0v) is 5.63. The van der Waals surface area contributed by atoms with Crippen molar-refractivity contribution in [2.75, 3.05) is 6.54 Å². The molecule has 0 aromatic carbocycles. The first-order valence-electron chi connectivity index (χ1n) is 3.30. The molecule has 0 spiro atoms. The zero-order chi connectivity index (χ0) is 7.14. The Morgan fingerprint density at radius 2 is 2.60 bits per heavy atom.